The molecule has 2 aromatic carbocycles. The van der Waals surface area contributed by atoms with Crippen LogP contribution in [-0.4, -0.2) is 49.1 Å². The molecule has 1 heterocycles. The van der Waals surface area contributed by atoms with Crippen LogP contribution in [0.1, 0.15) is 54.3 Å². The number of rotatable bonds is 7. The number of carbonyl (C=O) groups excluding carboxylic acids is 3. The average molecular weight is 480 g/mol. The number of hydrogen-bond donors (Lipinski definition) is 2. The van der Waals surface area contributed by atoms with Crippen LogP contribution >= 0.6 is 0 Å². The smallest absolute Gasteiger partial charge is 0.410 e. The largest absolute Gasteiger partial charge is 0.445 e. The second-order valence-electron chi connectivity index (χ2n) is 9.15. The molecule has 3 atom stereocenters. The van der Waals surface area contributed by atoms with E-state index in [0.29, 0.717) is 31.9 Å². The summed E-state index contributed by atoms with van der Waals surface area (Å²) in [4.78, 5) is 39.2. The van der Waals surface area contributed by atoms with E-state index < -0.39 is 11.9 Å². The van der Waals surface area contributed by atoms with E-state index >= 15 is 0 Å². The van der Waals surface area contributed by atoms with Gasteiger partial charge in [0.25, 0.3) is 0 Å². The molecule has 2 fully saturated rings. The van der Waals surface area contributed by atoms with Crippen LogP contribution in [0, 0.1) is 5.92 Å². The van der Waals surface area contributed by atoms with Gasteiger partial charge in [0.1, 0.15) is 12.6 Å². The van der Waals surface area contributed by atoms with Crippen LogP contribution in [0.5, 0.6) is 0 Å². The molecule has 0 bridgehead atoms. The van der Waals surface area contributed by atoms with Gasteiger partial charge in [0.15, 0.2) is 0 Å². The Morgan fingerprint density at radius 1 is 1.00 bits per heavy atom. The molecular formula is C27H33N3O5. The Hall–Kier alpha value is -3.39. The SMILES string of the molecule is NC(=O)C(NC(=O)C1CCCCC1c1ccc(COC(=O)N2CCOCC2)cc1)c1ccccc1. The van der Waals surface area contributed by atoms with Crippen LogP contribution < -0.4 is 11.1 Å². The van der Waals surface area contributed by atoms with Crippen LogP contribution in [0.2, 0.25) is 0 Å². The van der Waals surface area contributed by atoms with E-state index in [2.05, 4.69) is 5.32 Å². The summed E-state index contributed by atoms with van der Waals surface area (Å²) in [5.41, 5.74) is 8.25. The van der Waals surface area contributed by atoms with Gasteiger partial charge in [-0.3, -0.25) is 9.59 Å². The Labute approximate surface area is 205 Å². The molecule has 1 saturated carbocycles. The number of ether oxygens (including phenoxy) is 2. The molecule has 3 unspecified atom stereocenters. The molecule has 3 N–H and O–H groups in total. The van der Waals surface area contributed by atoms with Crippen LogP contribution in [-0.2, 0) is 25.7 Å². The van der Waals surface area contributed by atoms with Crippen molar-refractivity contribution in [2.24, 2.45) is 11.7 Å². The lowest BCUT2D eigenvalue weighted by atomic mass is 9.74. The number of carbonyl (C=O) groups is 3. The third-order valence-corrected chi connectivity index (χ3v) is 6.85. The number of benzene rings is 2. The number of nitrogens with one attached hydrogen (secondary N) is 1. The molecule has 1 aliphatic heterocycles. The molecule has 2 aromatic rings. The Morgan fingerprint density at radius 3 is 2.37 bits per heavy atom. The number of hydrogen-bond acceptors (Lipinski definition) is 5. The number of nitrogens with two attached hydrogens (primary N) is 1. The second kappa shape index (κ2) is 11.8. The van der Waals surface area contributed by atoms with Crippen molar-refractivity contribution in [3.8, 4) is 0 Å². The fourth-order valence-corrected chi connectivity index (χ4v) is 4.90. The second-order valence-corrected chi connectivity index (χ2v) is 9.15. The Morgan fingerprint density at radius 2 is 1.69 bits per heavy atom. The van der Waals surface area contributed by atoms with Crippen molar-refractivity contribution in [3.63, 3.8) is 0 Å². The van der Waals surface area contributed by atoms with E-state index in [1.165, 1.54) is 0 Å². The molecule has 2 aliphatic rings. The van der Waals surface area contributed by atoms with Gasteiger partial charge in [0.2, 0.25) is 11.8 Å². The van der Waals surface area contributed by atoms with Gasteiger partial charge in [-0.05, 0) is 35.4 Å². The highest BCUT2D eigenvalue weighted by molar-refractivity contribution is 5.89. The molecule has 8 nitrogen and oxygen atoms in total. The van der Waals surface area contributed by atoms with E-state index in [9.17, 15) is 14.4 Å². The van der Waals surface area contributed by atoms with E-state index in [1.807, 2.05) is 42.5 Å². The Kier molecular flexibility index (Phi) is 8.36. The zero-order chi connectivity index (χ0) is 24.6. The summed E-state index contributed by atoms with van der Waals surface area (Å²) in [6.45, 7) is 2.35. The average Bonchev–Trinajstić information content (AvgIpc) is 2.91. The molecule has 3 amide bonds. The summed E-state index contributed by atoms with van der Waals surface area (Å²) in [6.07, 6.45) is 3.34. The molecule has 0 aromatic heterocycles. The predicted octanol–water partition coefficient (Wildman–Crippen LogP) is 3.27. The molecule has 0 radical (unpaired) electrons. The van der Waals surface area contributed by atoms with Crippen molar-refractivity contribution in [1.82, 2.24) is 10.2 Å². The van der Waals surface area contributed by atoms with Gasteiger partial charge < -0.3 is 25.4 Å². The van der Waals surface area contributed by atoms with Gasteiger partial charge in [-0.15, -0.1) is 0 Å². The van der Waals surface area contributed by atoms with E-state index in [0.717, 1.165) is 36.8 Å². The number of morpholine rings is 1. The Bertz CT molecular complexity index is 1010. The van der Waals surface area contributed by atoms with Crippen molar-refractivity contribution in [2.45, 2.75) is 44.2 Å². The van der Waals surface area contributed by atoms with Gasteiger partial charge in [-0.25, -0.2) is 4.79 Å². The minimum Gasteiger partial charge on any atom is -0.445 e. The first-order chi connectivity index (χ1) is 17.0. The van der Waals surface area contributed by atoms with Gasteiger partial charge >= 0.3 is 6.09 Å². The van der Waals surface area contributed by atoms with Crippen molar-refractivity contribution in [3.05, 3.63) is 71.3 Å². The summed E-state index contributed by atoms with van der Waals surface area (Å²) in [7, 11) is 0. The highest BCUT2D eigenvalue weighted by atomic mass is 16.6. The maximum atomic E-state index is 13.3. The highest BCUT2D eigenvalue weighted by Crippen LogP contribution is 2.38. The lowest BCUT2D eigenvalue weighted by Gasteiger charge is -2.32. The topological polar surface area (TPSA) is 111 Å². The van der Waals surface area contributed by atoms with Gasteiger partial charge in [0, 0.05) is 19.0 Å². The molecule has 8 heteroatoms. The van der Waals surface area contributed by atoms with Crippen LogP contribution in [0.3, 0.4) is 0 Å². The fraction of sp³-hybridized carbons (Fsp3) is 0.444. The monoisotopic (exact) mass is 479 g/mol. The normalized spacial score (nSPS) is 21.1. The molecule has 0 spiro atoms. The minimum atomic E-state index is -0.852. The summed E-state index contributed by atoms with van der Waals surface area (Å²) in [5.74, 6) is -0.906. The van der Waals surface area contributed by atoms with E-state index in [4.69, 9.17) is 15.2 Å². The lowest BCUT2D eigenvalue weighted by molar-refractivity contribution is -0.131. The minimum absolute atomic E-state index is 0.0537. The number of primary amides is 1. The van der Waals surface area contributed by atoms with Gasteiger partial charge in [-0.2, -0.15) is 0 Å². The fourth-order valence-electron chi connectivity index (χ4n) is 4.90. The first-order valence-corrected chi connectivity index (χ1v) is 12.3. The predicted molar refractivity (Wildman–Crippen MR) is 130 cm³/mol. The summed E-state index contributed by atoms with van der Waals surface area (Å²) in [6, 6.07) is 16.1. The maximum absolute atomic E-state index is 13.3. The van der Waals surface area contributed by atoms with Gasteiger partial charge in [0.05, 0.1) is 13.2 Å². The van der Waals surface area contributed by atoms with Crippen molar-refractivity contribution in [2.75, 3.05) is 26.3 Å². The van der Waals surface area contributed by atoms with E-state index in [-0.39, 0.29) is 30.4 Å². The highest BCUT2D eigenvalue weighted by Gasteiger charge is 2.34. The van der Waals surface area contributed by atoms with Crippen molar-refractivity contribution < 1.29 is 23.9 Å². The molecule has 4 rings (SSSR count). The molecule has 1 saturated heterocycles. The molecule has 186 valence electrons. The number of amides is 3. The van der Waals surface area contributed by atoms with E-state index in [1.54, 1.807) is 17.0 Å². The quantitative estimate of drug-likeness (QED) is 0.633. The number of nitrogens with zero attached hydrogens (tertiary/aromatic N) is 1. The zero-order valence-corrected chi connectivity index (χ0v) is 19.9. The summed E-state index contributed by atoms with van der Waals surface area (Å²) >= 11 is 0. The van der Waals surface area contributed by atoms with Gasteiger partial charge in [-0.1, -0.05) is 67.4 Å². The third kappa shape index (κ3) is 6.39. The summed E-state index contributed by atoms with van der Waals surface area (Å²) in [5, 5.41) is 2.89. The van der Waals surface area contributed by atoms with Crippen LogP contribution in [0.15, 0.2) is 54.6 Å². The third-order valence-electron chi connectivity index (χ3n) is 6.85. The van der Waals surface area contributed by atoms with Crippen molar-refractivity contribution >= 4 is 17.9 Å². The molecule has 35 heavy (non-hydrogen) atoms. The van der Waals surface area contributed by atoms with Crippen LogP contribution in [0.4, 0.5) is 4.79 Å². The molecule has 1 aliphatic carbocycles. The molecular weight excluding hydrogens is 446 g/mol. The van der Waals surface area contributed by atoms with Crippen molar-refractivity contribution in [1.29, 1.82) is 0 Å². The first-order valence-electron chi connectivity index (χ1n) is 12.3. The maximum Gasteiger partial charge on any atom is 0.410 e. The zero-order valence-electron chi connectivity index (χ0n) is 19.9. The summed E-state index contributed by atoms with van der Waals surface area (Å²) < 4.78 is 10.7. The Balaban J connectivity index is 1.39. The first kappa shape index (κ1) is 24.7. The lowest BCUT2D eigenvalue weighted by Crippen LogP contribution is -2.42. The standard InChI is InChI=1S/C27H33N3O5/c28-25(31)24(21-6-2-1-3-7-21)29-26(32)23-9-5-4-8-22(23)20-12-10-19(11-13-20)18-35-27(33)30-14-16-34-17-15-30/h1-3,6-7,10-13,22-24H,4-5,8-9,14-18H2,(H2,28,31)(H,29,32). The van der Waals surface area contributed by atoms with Crippen LogP contribution in [0.25, 0.3) is 0 Å².